The molecule has 0 fully saturated rings. The molecule has 2 rings (SSSR count). The first kappa shape index (κ1) is 15.4. The van der Waals surface area contributed by atoms with Crippen molar-refractivity contribution in [2.75, 3.05) is 11.1 Å². The van der Waals surface area contributed by atoms with Gasteiger partial charge in [0.2, 0.25) is 5.91 Å². The molecule has 0 aliphatic carbocycles. The van der Waals surface area contributed by atoms with Gasteiger partial charge < -0.3 is 5.32 Å². The Kier molecular flexibility index (Phi) is 5.27. The molecule has 0 spiro atoms. The highest BCUT2D eigenvalue weighted by Crippen LogP contribution is 2.21. The lowest BCUT2D eigenvalue weighted by atomic mass is 10.2. The summed E-state index contributed by atoms with van der Waals surface area (Å²) in [5, 5.41) is 2.61. The van der Waals surface area contributed by atoms with Gasteiger partial charge in [0.15, 0.2) is 0 Å². The fourth-order valence-corrected chi connectivity index (χ4v) is 2.29. The third kappa shape index (κ3) is 4.82. The van der Waals surface area contributed by atoms with E-state index in [4.69, 9.17) is 0 Å². The molecule has 2 aromatic carbocycles. The van der Waals surface area contributed by atoms with Crippen LogP contribution in [-0.4, -0.2) is 11.7 Å². The predicted molar refractivity (Wildman–Crippen MR) is 77.2 cm³/mol. The second kappa shape index (κ2) is 7.17. The topological polar surface area (TPSA) is 29.1 Å². The molecule has 21 heavy (non-hydrogen) atoms. The second-order valence-corrected chi connectivity index (χ2v) is 5.26. The fraction of sp³-hybridized carbons (Fsp3) is 0.133. The van der Waals surface area contributed by atoms with Crippen LogP contribution in [0.5, 0.6) is 0 Å². The summed E-state index contributed by atoms with van der Waals surface area (Å²) in [4.78, 5) is 12.5. The van der Waals surface area contributed by atoms with Crippen molar-refractivity contribution in [3.05, 3.63) is 59.9 Å². The lowest BCUT2D eigenvalue weighted by Crippen LogP contribution is -2.13. The Morgan fingerprint density at radius 1 is 1.05 bits per heavy atom. The summed E-state index contributed by atoms with van der Waals surface area (Å²) >= 11 is 1.27. The zero-order valence-electron chi connectivity index (χ0n) is 10.9. The van der Waals surface area contributed by atoms with Crippen LogP contribution in [0.15, 0.2) is 53.4 Å². The van der Waals surface area contributed by atoms with Crippen molar-refractivity contribution in [1.29, 1.82) is 0 Å². The maximum Gasteiger partial charge on any atom is 0.263 e. The van der Waals surface area contributed by atoms with E-state index in [1.165, 1.54) is 48.2 Å². The molecular weight excluding hydrogens is 299 g/mol. The third-order valence-corrected chi connectivity index (χ3v) is 3.64. The Balaban J connectivity index is 1.85. The van der Waals surface area contributed by atoms with E-state index in [0.29, 0.717) is 5.69 Å². The minimum Gasteiger partial charge on any atom is -0.325 e. The molecule has 1 amide bonds. The summed E-state index contributed by atoms with van der Waals surface area (Å²) in [5.74, 6) is -0.431. The zero-order valence-corrected chi connectivity index (χ0v) is 11.7. The van der Waals surface area contributed by atoms with E-state index >= 15 is 0 Å². The van der Waals surface area contributed by atoms with E-state index in [0.717, 1.165) is 4.90 Å². The predicted octanol–water partition coefficient (Wildman–Crippen LogP) is 4.49. The van der Waals surface area contributed by atoms with Crippen molar-refractivity contribution in [3.63, 3.8) is 0 Å². The van der Waals surface area contributed by atoms with E-state index in [1.54, 1.807) is 12.1 Å². The number of nitrogens with one attached hydrogen (secondary N) is 1. The molecule has 0 radical (unpaired) electrons. The molecule has 0 heterocycles. The number of halogens is 3. The number of thioether (sulfide) groups is 1. The van der Waals surface area contributed by atoms with Crippen LogP contribution >= 0.6 is 11.8 Å². The van der Waals surface area contributed by atoms with Gasteiger partial charge in [-0.05, 0) is 36.4 Å². The molecule has 0 aromatic heterocycles. The number of hydrogen-bond acceptors (Lipinski definition) is 2. The molecule has 2 nitrogen and oxygen atoms in total. The van der Waals surface area contributed by atoms with Crippen molar-refractivity contribution in [2.45, 2.75) is 11.3 Å². The van der Waals surface area contributed by atoms with Gasteiger partial charge in [-0.2, -0.15) is 0 Å². The van der Waals surface area contributed by atoms with Crippen LogP contribution in [-0.2, 0) is 4.79 Å². The standard InChI is InChI=1S/C15H12F3NOS/c16-11-3-7-13(8-4-11)21-9-14(20)19-12-5-1-10(2-6-12)15(17)18/h1-8,15H,9H2,(H,19,20). The van der Waals surface area contributed by atoms with Gasteiger partial charge in [-0.3, -0.25) is 4.79 Å². The molecule has 0 saturated carbocycles. The van der Waals surface area contributed by atoms with Gasteiger partial charge in [-0.25, -0.2) is 13.2 Å². The summed E-state index contributed by atoms with van der Waals surface area (Å²) in [6, 6.07) is 11.2. The largest absolute Gasteiger partial charge is 0.325 e. The van der Waals surface area contributed by atoms with Crippen LogP contribution in [0.3, 0.4) is 0 Å². The number of hydrogen-bond donors (Lipinski definition) is 1. The molecule has 0 aliphatic heterocycles. The van der Waals surface area contributed by atoms with Gasteiger partial charge in [0.1, 0.15) is 5.82 Å². The summed E-state index contributed by atoms with van der Waals surface area (Å²) in [6.07, 6.45) is -2.52. The summed E-state index contributed by atoms with van der Waals surface area (Å²) in [5.41, 5.74) is 0.373. The Morgan fingerprint density at radius 3 is 2.24 bits per heavy atom. The van der Waals surface area contributed by atoms with Crippen molar-refractivity contribution in [2.24, 2.45) is 0 Å². The van der Waals surface area contributed by atoms with Gasteiger partial charge in [0.25, 0.3) is 6.43 Å². The maximum absolute atomic E-state index is 12.7. The molecule has 0 atom stereocenters. The molecule has 0 unspecified atom stereocenters. The van der Waals surface area contributed by atoms with E-state index in [1.807, 2.05) is 0 Å². The SMILES string of the molecule is O=C(CSc1ccc(F)cc1)Nc1ccc(C(F)F)cc1. The minimum absolute atomic E-state index is 0.0892. The minimum atomic E-state index is -2.52. The molecule has 0 bridgehead atoms. The van der Waals surface area contributed by atoms with E-state index in [-0.39, 0.29) is 23.0 Å². The van der Waals surface area contributed by atoms with Gasteiger partial charge in [-0.1, -0.05) is 12.1 Å². The normalized spacial score (nSPS) is 10.7. The van der Waals surface area contributed by atoms with Crippen molar-refractivity contribution in [3.8, 4) is 0 Å². The molecule has 0 saturated heterocycles. The van der Waals surface area contributed by atoms with Crippen LogP contribution in [0.25, 0.3) is 0 Å². The molecular formula is C15H12F3NOS. The lowest BCUT2D eigenvalue weighted by Gasteiger charge is -2.06. The maximum atomic E-state index is 12.7. The highest BCUT2D eigenvalue weighted by molar-refractivity contribution is 8.00. The number of carbonyl (C=O) groups is 1. The molecule has 2 aromatic rings. The number of rotatable bonds is 5. The monoisotopic (exact) mass is 311 g/mol. The van der Waals surface area contributed by atoms with E-state index in [2.05, 4.69) is 5.32 Å². The Labute approximate surface area is 124 Å². The van der Waals surface area contributed by atoms with Crippen molar-refractivity contribution < 1.29 is 18.0 Å². The van der Waals surface area contributed by atoms with Gasteiger partial charge >= 0.3 is 0 Å². The van der Waals surface area contributed by atoms with Crippen LogP contribution in [0.2, 0.25) is 0 Å². The molecule has 0 aliphatic rings. The quantitative estimate of drug-likeness (QED) is 0.824. The fourth-order valence-electron chi connectivity index (χ4n) is 1.59. The van der Waals surface area contributed by atoms with Gasteiger partial charge in [-0.15, -0.1) is 11.8 Å². The number of carbonyl (C=O) groups excluding carboxylic acids is 1. The molecule has 110 valence electrons. The number of anilines is 1. The van der Waals surface area contributed by atoms with Crippen LogP contribution in [0, 0.1) is 5.82 Å². The summed E-state index contributed by atoms with van der Waals surface area (Å²) < 4.78 is 37.5. The number of amides is 1. The first-order valence-electron chi connectivity index (χ1n) is 6.11. The van der Waals surface area contributed by atoms with E-state index < -0.39 is 6.43 Å². The molecule has 6 heteroatoms. The Bertz CT molecular complexity index is 599. The Hall–Kier alpha value is -1.95. The smallest absolute Gasteiger partial charge is 0.263 e. The van der Waals surface area contributed by atoms with Crippen LogP contribution in [0.1, 0.15) is 12.0 Å². The van der Waals surface area contributed by atoms with Crippen molar-refractivity contribution >= 4 is 23.4 Å². The highest BCUT2D eigenvalue weighted by Gasteiger charge is 2.07. The first-order chi connectivity index (χ1) is 10.0. The van der Waals surface area contributed by atoms with Gasteiger partial charge in [0.05, 0.1) is 5.75 Å². The number of benzene rings is 2. The summed E-state index contributed by atoms with van der Waals surface area (Å²) in [6.45, 7) is 0. The first-order valence-corrected chi connectivity index (χ1v) is 7.09. The van der Waals surface area contributed by atoms with Gasteiger partial charge in [0, 0.05) is 16.1 Å². The van der Waals surface area contributed by atoms with Crippen LogP contribution in [0.4, 0.5) is 18.9 Å². The summed E-state index contributed by atoms with van der Waals surface area (Å²) in [7, 11) is 0. The van der Waals surface area contributed by atoms with Crippen LogP contribution < -0.4 is 5.32 Å². The highest BCUT2D eigenvalue weighted by atomic mass is 32.2. The van der Waals surface area contributed by atoms with E-state index in [9.17, 15) is 18.0 Å². The zero-order chi connectivity index (χ0) is 15.2. The third-order valence-electron chi connectivity index (χ3n) is 2.63. The average Bonchev–Trinajstić information content (AvgIpc) is 2.47. The molecule has 1 N–H and O–H groups in total. The lowest BCUT2D eigenvalue weighted by molar-refractivity contribution is -0.113. The number of alkyl halides is 2. The van der Waals surface area contributed by atoms with Crippen molar-refractivity contribution in [1.82, 2.24) is 0 Å². The average molecular weight is 311 g/mol. The second-order valence-electron chi connectivity index (χ2n) is 4.21. The Morgan fingerprint density at radius 2 is 1.67 bits per heavy atom.